The standard InChI is InChI=1S/C16H32N6S/c1-8-21(9-2)11-22(10-12(3)4)15-18-14(17-13(5)6)19-16(20-15)23-7/h12-13H,8-11H2,1-7H3,(H,17,18,19,20). The molecule has 0 aromatic carbocycles. The van der Waals surface area contributed by atoms with E-state index in [1.165, 1.54) is 0 Å². The maximum Gasteiger partial charge on any atom is 0.232 e. The summed E-state index contributed by atoms with van der Waals surface area (Å²) in [4.78, 5) is 18.4. The number of hydrogen-bond donors (Lipinski definition) is 1. The molecule has 1 aromatic rings. The topological polar surface area (TPSA) is 57.2 Å². The van der Waals surface area contributed by atoms with Crippen LogP contribution < -0.4 is 10.2 Å². The molecule has 1 heterocycles. The number of anilines is 2. The molecule has 0 aliphatic rings. The van der Waals surface area contributed by atoms with Gasteiger partial charge in [-0.2, -0.15) is 15.0 Å². The minimum absolute atomic E-state index is 0.293. The predicted octanol–water partition coefficient (Wildman–Crippen LogP) is 3.18. The molecule has 0 atom stereocenters. The van der Waals surface area contributed by atoms with E-state index in [-0.39, 0.29) is 0 Å². The van der Waals surface area contributed by atoms with Crippen molar-refractivity contribution in [3.05, 3.63) is 0 Å². The summed E-state index contributed by atoms with van der Waals surface area (Å²) < 4.78 is 0. The third-order valence-corrected chi connectivity index (χ3v) is 3.88. The zero-order valence-electron chi connectivity index (χ0n) is 15.6. The summed E-state index contributed by atoms with van der Waals surface area (Å²) in [6.45, 7) is 16.8. The van der Waals surface area contributed by atoms with Crippen molar-refractivity contribution in [2.24, 2.45) is 5.92 Å². The Labute approximate surface area is 145 Å². The van der Waals surface area contributed by atoms with E-state index in [1.54, 1.807) is 11.8 Å². The van der Waals surface area contributed by atoms with Gasteiger partial charge < -0.3 is 10.2 Å². The highest BCUT2D eigenvalue weighted by Crippen LogP contribution is 2.18. The third kappa shape index (κ3) is 6.91. The van der Waals surface area contributed by atoms with Crippen LogP contribution in [0.1, 0.15) is 41.5 Å². The van der Waals surface area contributed by atoms with Crippen molar-refractivity contribution in [3.63, 3.8) is 0 Å². The molecule has 0 radical (unpaired) electrons. The van der Waals surface area contributed by atoms with E-state index in [9.17, 15) is 0 Å². The summed E-state index contributed by atoms with van der Waals surface area (Å²) in [5.74, 6) is 1.96. The fraction of sp³-hybridized carbons (Fsp3) is 0.812. The van der Waals surface area contributed by atoms with Gasteiger partial charge >= 0.3 is 0 Å². The van der Waals surface area contributed by atoms with Crippen LogP contribution in [0, 0.1) is 5.92 Å². The molecule has 0 aliphatic heterocycles. The number of aromatic nitrogens is 3. The Hall–Kier alpha value is -1.08. The van der Waals surface area contributed by atoms with Crippen LogP contribution >= 0.6 is 11.8 Å². The van der Waals surface area contributed by atoms with Crippen molar-refractivity contribution in [3.8, 4) is 0 Å². The lowest BCUT2D eigenvalue weighted by Gasteiger charge is -2.30. The molecule has 1 N–H and O–H groups in total. The molecule has 1 aromatic heterocycles. The molecule has 0 spiro atoms. The highest BCUT2D eigenvalue weighted by Gasteiger charge is 2.17. The molecule has 0 aliphatic carbocycles. The number of thioether (sulfide) groups is 1. The van der Waals surface area contributed by atoms with Crippen molar-refractivity contribution >= 4 is 23.7 Å². The van der Waals surface area contributed by atoms with Gasteiger partial charge in [-0.05, 0) is 39.1 Å². The fourth-order valence-electron chi connectivity index (χ4n) is 2.21. The molecule has 0 saturated carbocycles. The lowest BCUT2D eigenvalue weighted by molar-refractivity contribution is 0.295. The zero-order valence-corrected chi connectivity index (χ0v) is 16.4. The minimum Gasteiger partial charge on any atom is -0.352 e. The zero-order chi connectivity index (χ0) is 17.4. The summed E-state index contributed by atoms with van der Waals surface area (Å²) >= 11 is 1.55. The Bertz CT molecular complexity index is 462. The van der Waals surface area contributed by atoms with E-state index in [2.05, 4.69) is 71.6 Å². The van der Waals surface area contributed by atoms with Gasteiger partial charge in [0.25, 0.3) is 0 Å². The van der Waals surface area contributed by atoms with Crippen LogP contribution in [0.25, 0.3) is 0 Å². The van der Waals surface area contributed by atoms with Gasteiger partial charge in [-0.1, -0.05) is 39.5 Å². The Balaban J connectivity index is 3.11. The van der Waals surface area contributed by atoms with Gasteiger partial charge in [0.05, 0.1) is 6.67 Å². The van der Waals surface area contributed by atoms with Crippen molar-refractivity contribution in [2.75, 3.05) is 42.8 Å². The average molecular weight is 341 g/mol. The summed E-state index contributed by atoms with van der Waals surface area (Å²) in [6.07, 6.45) is 2.00. The number of rotatable bonds is 10. The van der Waals surface area contributed by atoms with Crippen LogP contribution in [-0.4, -0.2) is 58.5 Å². The Morgan fingerprint density at radius 3 is 2.17 bits per heavy atom. The summed E-state index contributed by atoms with van der Waals surface area (Å²) in [5.41, 5.74) is 0. The molecule has 1 rings (SSSR count). The van der Waals surface area contributed by atoms with E-state index in [1.807, 2.05) is 6.26 Å². The van der Waals surface area contributed by atoms with E-state index in [0.29, 0.717) is 17.9 Å². The minimum atomic E-state index is 0.293. The van der Waals surface area contributed by atoms with Crippen LogP contribution in [0.2, 0.25) is 0 Å². The predicted molar refractivity (Wildman–Crippen MR) is 100 cm³/mol. The molecule has 0 amide bonds. The molecule has 0 saturated heterocycles. The van der Waals surface area contributed by atoms with Crippen LogP contribution in [-0.2, 0) is 0 Å². The second-order valence-electron chi connectivity index (χ2n) is 6.31. The number of nitrogens with zero attached hydrogens (tertiary/aromatic N) is 5. The van der Waals surface area contributed by atoms with Gasteiger partial charge in [0, 0.05) is 12.6 Å². The second kappa shape index (κ2) is 9.93. The molecule has 0 fully saturated rings. The molecule has 0 bridgehead atoms. The molecule has 132 valence electrons. The van der Waals surface area contributed by atoms with E-state index in [4.69, 9.17) is 0 Å². The molecule has 0 unspecified atom stereocenters. The third-order valence-electron chi connectivity index (χ3n) is 3.34. The highest BCUT2D eigenvalue weighted by molar-refractivity contribution is 7.98. The van der Waals surface area contributed by atoms with Crippen LogP contribution in [0.4, 0.5) is 11.9 Å². The lowest BCUT2D eigenvalue weighted by Crippen LogP contribution is -2.41. The molecular formula is C16H32N6S. The largest absolute Gasteiger partial charge is 0.352 e. The first kappa shape index (κ1) is 20.0. The van der Waals surface area contributed by atoms with Gasteiger partial charge in [0.2, 0.25) is 11.9 Å². The van der Waals surface area contributed by atoms with Gasteiger partial charge in [0.1, 0.15) is 0 Å². The first-order valence-corrected chi connectivity index (χ1v) is 9.65. The van der Waals surface area contributed by atoms with Gasteiger partial charge in [-0.15, -0.1) is 0 Å². The number of nitrogens with one attached hydrogen (secondary N) is 1. The SMILES string of the molecule is CCN(CC)CN(CC(C)C)c1nc(NC(C)C)nc(SC)n1. The fourth-order valence-corrected chi connectivity index (χ4v) is 2.56. The second-order valence-corrected chi connectivity index (χ2v) is 7.08. The molecule has 6 nitrogen and oxygen atoms in total. The Morgan fingerprint density at radius 1 is 1.04 bits per heavy atom. The van der Waals surface area contributed by atoms with Gasteiger partial charge in [-0.25, -0.2) is 0 Å². The summed E-state index contributed by atoms with van der Waals surface area (Å²) in [7, 11) is 0. The molecular weight excluding hydrogens is 308 g/mol. The quantitative estimate of drug-likeness (QED) is 0.518. The van der Waals surface area contributed by atoms with Crippen molar-refractivity contribution in [1.82, 2.24) is 19.9 Å². The summed E-state index contributed by atoms with van der Waals surface area (Å²) in [5, 5.41) is 4.05. The normalized spacial score (nSPS) is 11.6. The van der Waals surface area contributed by atoms with Crippen LogP contribution in [0.3, 0.4) is 0 Å². The van der Waals surface area contributed by atoms with Crippen molar-refractivity contribution < 1.29 is 0 Å². The van der Waals surface area contributed by atoms with E-state index < -0.39 is 0 Å². The highest BCUT2D eigenvalue weighted by atomic mass is 32.2. The Morgan fingerprint density at radius 2 is 1.70 bits per heavy atom. The molecule has 23 heavy (non-hydrogen) atoms. The van der Waals surface area contributed by atoms with Crippen molar-refractivity contribution in [1.29, 1.82) is 0 Å². The maximum atomic E-state index is 4.65. The smallest absolute Gasteiger partial charge is 0.232 e. The van der Waals surface area contributed by atoms with Crippen LogP contribution in [0.5, 0.6) is 0 Å². The van der Waals surface area contributed by atoms with Crippen LogP contribution in [0.15, 0.2) is 5.16 Å². The van der Waals surface area contributed by atoms with E-state index in [0.717, 1.165) is 37.4 Å². The van der Waals surface area contributed by atoms with Gasteiger partial charge in [0.15, 0.2) is 5.16 Å². The Kier molecular flexibility index (Phi) is 8.62. The number of hydrogen-bond acceptors (Lipinski definition) is 7. The van der Waals surface area contributed by atoms with E-state index >= 15 is 0 Å². The monoisotopic (exact) mass is 340 g/mol. The van der Waals surface area contributed by atoms with Gasteiger partial charge in [-0.3, -0.25) is 4.90 Å². The lowest BCUT2D eigenvalue weighted by atomic mass is 10.2. The average Bonchev–Trinajstić information content (AvgIpc) is 2.49. The first-order chi connectivity index (χ1) is 10.9. The molecule has 7 heteroatoms. The summed E-state index contributed by atoms with van der Waals surface area (Å²) in [6, 6.07) is 0.293. The maximum absolute atomic E-state index is 4.65. The first-order valence-electron chi connectivity index (χ1n) is 8.43. The van der Waals surface area contributed by atoms with Crippen molar-refractivity contribution in [2.45, 2.75) is 52.7 Å².